The molecule has 1 aliphatic heterocycles. The van der Waals surface area contributed by atoms with E-state index in [0.717, 1.165) is 27.1 Å². The van der Waals surface area contributed by atoms with Gasteiger partial charge in [0.2, 0.25) is 5.91 Å². The number of nitrogens with zero attached hydrogens (tertiary/aromatic N) is 2. The first kappa shape index (κ1) is 29.3. The van der Waals surface area contributed by atoms with Gasteiger partial charge in [0.25, 0.3) is 5.91 Å². The largest absolute Gasteiger partial charge is 0.493 e. The average molecular weight is 636 g/mol. The number of amides is 2. The number of hydrogen-bond donors (Lipinski definition) is 1. The van der Waals surface area contributed by atoms with Gasteiger partial charge in [-0.2, -0.15) is 13.2 Å². The van der Waals surface area contributed by atoms with Crippen LogP contribution < -0.4 is 19.7 Å². The van der Waals surface area contributed by atoms with E-state index >= 15 is 0 Å². The minimum Gasteiger partial charge on any atom is -0.493 e. The second-order valence-corrected chi connectivity index (χ2v) is 10.2. The third-order valence-electron chi connectivity index (χ3n) is 6.35. The molecule has 1 saturated heterocycles. The van der Waals surface area contributed by atoms with Gasteiger partial charge in [0.1, 0.15) is 6.04 Å². The SMILES string of the molecule is COc1ccc(CCN2C(=S)N(c3cccc(C(F)(F)F)c3)C(=O)C2CC(=O)Nc2ccc(Br)cc2)cc1OC. The van der Waals surface area contributed by atoms with Gasteiger partial charge >= 0.3 is 6.18 Å². The number of rotatable bonds is 9. The number of alkyl halides is 3. The average Bonchev–Trinajstić information content (AvgIpc) is 3.16. The first-order chi connectivity index (χ1) is 19.0. The highest BCUT2D eigenvalue weighted by Gasteiger charge is 2.44. The maximum atomic E-state index is 13.6. The summed E-state index contributed by atoms with van der Waals surface area (Å²) >= 11 is 8.94. The van der Waals surface area contributed by atoms with Crippen molar-refractivity contribution in [2.24, 2.45) is 0 Å². The van der Waals surface area contributed by atoms with Crippen LogP contribution >= 0.6 is 28.1 Å². The molecule has 7 nitrogen and oxygen atoms in total. The molecular formula is C28H25BrF3N3O4S. The molecule has 1 N–H and O–H groups in total. The number of anilines is 2. The summed E-state index contributed by atoms with van der Waals surface area (Å²) in [6.45, 7) is 0.228. The van der Waals surface area contributed by atoms with Crippen LogP contribution in [0, 0.1) is 0 Å². The van der Waals surface area contributed by atoms with Gasteiger partial charge in [-0.05, 0) is 78.8 Å². The molecule has 210 valence electrons. The summed E-state index contributed by atoms with van der Waals surface area (Å²) in [6.07, 6.45) is -4.44. The number of thiocarbonyl (C=S) groups is 1. The van der Waals surface area contributed by atoms with Gasteiger partial charge in [0.15, 0.2) is 16.6 Å². The molecule has 3 aromatic rings. The lowest BCUT2D eigenvalue weighted by molar-refractivity contribution is -0.137. The van der Waals surface area contributed by atoms with Crippen LogP contribution in [0.4, 0.5) is 24.5 Å². The van der Waals surface area contributed by atoms with Crippen LogP contribution in [0.25, 0.3) is 0 Å². The summed E-state index contributed by atoms with van der Waals surface area (Å²) in [7, 11) is 3.04. The Kier molecular flexibility index (Phi) is 8.99. The van der Waals surface area contributed by atoms with Crippen molar-refractivity contribution in [2.75, 3.05) is 31.0 Å². The predicted molar refractivity (Wildman–Crippen MR) is 153 cm³/mol. The van der Waals surface area contributed by atoms with Crippen molar-refractivity contribution in [3.63, 3.8) is 0 Å². The maximum absolute atomic E-state index is 13.6. The standard InChI is InChI=1S/C28H25BrF3N3O4S/c1-38-23-11-6-17(14-24(23)39-2)12-13-34-22(16-25(36)33-20-9-7-19(29)8-10-20)26(37)35(27(34)40)21-5-3-4-18(15-21)28(30,31)32/h3-11,14-15,22H,12-13,16H2,1-2H3,(H,33,36). The van der Waals surface area contributed by atoms with Gasteiger partial charge in [-0.15, -0.1) is 0 Å². The fourth-order valence-corrected chi connectivity index (χ4v) is 5.03. The Bertz CT molecular complexity index is 1420. The van der Waals surface area contributed by atoms with E-state index in [9.17, 15) is 22.8 Å². The van der Waals surface area contributed by atoms with E-state index in [2.05, 4.69) is 21.2 Å². The topological polar surface area (TPSA) is 71.1 Å². The zero-order chi connectivity index (χ0) is 29.0. The van der Waals surface area contributed by atoms with E-state index in [1.807, 2.05) is 6.07 Å². The van der Waals surface area contributed by atoms with Crippen molar-refractivity contribution >= 4 is 56.4 Å². The van der Waals surface area contributed by atoms with Crippen molar-refractivity contribution in [1.82, 2.24) is 4.90 Å². The number of nitrogens with one attached hydrogen (secondary N) is 1. The lowest BCUT2D eigenvalue weighted by atomic mass is 10.1. The minimum absolute atomic E-state index is 0.0169. The molecule has 3 aromatic carbocycles. The van der Waals surface area contributed by atoms with Gasteiger partial charge < -0.3 is 19.7 Å². The van der Waals surface area contributed by atoms with Gasteiger partial charge in [0.05, 0.1) is 31.9 Å². The molecule has 0 aromatic heterocycles. The molecule has 1 heterocycles. The smallest absolute Gasteiger partial charge is 0.416 e. The van der Waals surface area contributed by atoms with Crippen LogP contribution in [0.5, 0.6) is 11.5 Å². The Hall–Kier alpha value is -3.64. The number of carbonyl (C=O) groups is 2. The summed E-state index contributed by atoms with van der Waals surface area (Å²) < 4.78 is 51.7. The van der Waals surface area contributed by atoms with Crippen LogP contribution in [0.15, 0.2) is 71.2 Å². The molecule has 0 spiro atoms. The molecule has 1 atom stereocenters. The number of methoxy groups -OCH3 is 2. The number of ether oxygens (including phenoxy) is 2. The zero-order valence-electron chi connectivity index (χ0n) is 21.5. The molecule has 0 saturated carbocycles. The molecule has 0 bridgehead atoms. The minimum atomic E-state index is -4.60. The quantitative estimate of drug-likeness (QED) is 0.288. The second kappa shape index (κ2) is 12.3. The van der Waals surface area contributed by atoms with E-state index in [1.54, 1.807) is 41.3 Å². The van der Waals surface area contributed by atoms with Crippen molar-refractivity contribution in [3.05, 3.63) is 82.3 Å². The molecule has 0 aliphatic carbocycles. The van der Waals surface area contributed by atoms with Crippen LogP contribution in [-0.2, 0) is 22.2 Å². The lowest BCUT2D eigenvalue weighted by Crippen LogP contribution is -2.39. The van der Waals surface area contributed by atoms with Crippen LogP contribution in [0.3, 0.4) is 0 Å². The van der Waals surface area contributed by atoms with E-state index in [4.69, 9.17) is 21.7 Å². The molecule has 1 aliphatic rings. The highest BCUT2D eigenvalue weighted by atomic mass is 79.9. The molecule has 2 amide bonds. The number of benzene rings is 3. The zero-order valence-corrected chi connectivity index (χ0v) is 23.9. The molecule has 4 rings (SSSR count). The van der Waals surface area contributed by atoms with Crippen molar-refractivity contribution in [1.29, 1.82) is 0 Å². The molecule has 1 unspecified atom stereocenters. The highest BCUT2D eigenvalue weighted by molar-refractivity contribution is 9.10. The maximum Gasteiger partial charge on any atom is 0.416 e. The second-order valence-electron chi connectivity index (χ2n) is 8.91. The lowest BCUT2D eigenvalue weighted by Gasteiger charge is -2.24. The molecule has 12 heteroatoms. The highest BCUT2D eigenvalue weighted by Crippen LogP contribution is 2.34. The normalized spacial score (nSPS) is 15.4. The van der Waals surface area contributed by atoms with Crippen molar-refractivity contribution < 1.29 is 32.2 Å². The molecule has 0 radical (unpaired) electrons. The third kappa shape index (κ3) is 6.56. The Balaban J connectivity index is 1.61. The van der Waals surface area contributed by atoms with E-state index in [1.165, 1.54) is 26.4 Å². The summed E-state index contributed by atoms with van der Waals surface area (Å²) in [5.74, 6) is 0.0560. The number of hydrogen-bond acceptors (Lipinski definition) is 5. The first-order valence-electron chi connectivity index (χ1n) is 12.1. The number of halogens is 4. The third-order valence-corrected chi connectivity index (χ3v) is 7.29. The van der Waals surface area contributed by atoms with Gasteiger partial charge in [0, 0.05) is 16.7 Å². The monoisotopic (exact) mass is 635 g/mol. The Labute approximate surface area is 243 Å². The molecule has 1 fully saturated rings. The molecular weight excluding hydrogens is 611 g/mol. The fourth-order valence-electron chi connectivity index (χ4n) is 4.35. The van der Waals surface area contributed by atoms with E-state index in [0.29, 0.717) is 23.6 Å². The van der Waals surface area contributed by atoms with Gasteiger partial charge in [-0.3, -0.25) is 14.5 Å². The molecule has 40 heavy (non-hydrogen) atoms. The van der Waals surface area contributed by atoms with Gasteiger partial charge in [-0.25, -0.2) is 0 Å². The fraction of sp³-hybridized carbons (Fsp3) is 0.250. The van der Waals surface area contributed by atoms with Crippen LogP contribution in [0.2, 0.25) is 0 Å². The van der Waals surface area contributed by atoms with Crippen molar-refractivity contribution in [2.45, 2.75) is 25.1 Å². The van der Waals surface area contributed by atoms with E-state index < -0.39 is 29.6 Å². The first-order valence-corrected chi connectivity index (χ1v) is 13.3. The van der Waals surface area contributed by atoms with Crippen LogP contribution in [-0.4, -0.2) is 48.6 Å². The van der Waals surface area contributed by atoms with E-state index in [-0.39, 0.29) is 23.8 Å². The van der Waals surface area contributed by atoms with Crippen LogP contribution in [0.1, 0.15) is 17.5 Å². The Morgan fingerprint density at radius 1 is 1.02 bits per heavy atom. The Morgan fingerprint density at radius 2 is 1.73 bits per heavy atom. The Morgan fingerprint density at radius 3 is 2.38 bits per heavy atom. The number of carbonyl (C=O) groups excluding carboxylic acids is 2. The van der Waals surface area contributed by atoms with Crippen molar-refractivity contribution in [3.8, 4) is 11.5 Å². The predicted octanol–water partition coefficient (Wildman–Crippen LogP) is 6.06. The summed E-state index contributed by atoms with van der Waals surface area (Å²) in [5, 5.41) is 2.78. The summed E-state index contributed by atoms with van der Waals surface area (Å²) in [5.41, 5.74) is 0.460. The van der Waals surface area contributed by atoms with Gasteiger partial charge in [-0.1, -0.05) is 28.1 Å². The summed E-state index contributed by atoms with van der Waals surface area (Å²) in [6, 6.07) is 15.7. The summed E-state index contributed by atoms with van der Waals surface area (Å²) in [4.78, 5) is 29.2.